The summed E-state index contributed by atoms with van der Waals surface area (Å²) in [5, 5.41) is 20.6. The quantitative estimate of drug-likeness (QED) is 0.804. The van der Waals surface area contributed by atoms with E-state index >= 15 is 0 Å². The average molecular weight is 220 g/mol. The van der Waals surface area contributed by atoms with E-state index in [1.165, 1.54) is 0 Å². The van der Waals surface area contributed by atoms with E-state index in [4.69, 9.17) is 0 Å². The third-order valence-corrected chi connectivity index (χ3v) is 3.54. The van der Waals surface area contributed by atoms with Crippen molar-refractivity contribution in [3.63, 3.8) is 0 Å². The molecule has 0 heterocycles. The van der Waals surface area contributed by atoms with Gasteiger partial charge in [-0.25, -0.2) is 0 Å². The van der Waals surface area contributed by atoms with E-state index in [0.29, 0.717) is 12.8 Å². The van der Waals surface area contributed by atoms with Crippen molar-refractivity contribution in [2.75, 3.05) is 0 Å². The van der Waals surface area contributed by atoms with Crippen LogP contribution in [-0.4, -0.2) is 15.8 Å². The third kappa shape index (κ3) is 2.13. The molecule has 0 saturated heterocycles. The summed E-state index contributed by atoms with van der Waals surface area (Å²) in [6.45, 7) is 4.03. The fourth-order valence-corrected chi connectivity index (χ4v) is 2.74. The Morgan fingerprint density at radius 1 is 1.06 bits per heavy atom. The Hall–Kier alpha value is -0.860. The second kappa shape index (κ2) is 4.19. The second-order valence-electron chi connectivity index (χ2n) is 5.13. The molecule has 1 fully saturated rings. The molecule has 1 aliphatic carbocycles. The molecule has 2 rings (SSSR count). The van der Waals surface area contributed by atoms with Gasteiger partial charge in [-0.15, -0.1) is 0 Å². The van der Waals surface area contributed by atoms with E-state index in [1.807, 2.05) is 26.0 Å². The number of benzene rings is 1. The van der Waals surface area contributed by atoms with Crippen molar-refractivity contribution in [2.45, 2.75) is 51.2 Å². The highest BCUT2D eigenvalue weighted by Crippen LogP contribution is 2.39. The highest BCUT2D eigenvalue weighted by atomic mass is 16.3. The minimum Gasteiger partial charge on any atom is -0.387 e. The lowest BCUT2D eigenvalue weighted by Gasteiger charge is -2.29. The number of aryl methyl sites for hydroxylation is 2. The highest BCUT2D eigenvalue weighted by Gasteiger charge is 2.39. The fraction of sp³-hybridized carbons (Fsp3) is 0.571. The van der Waals surface area contributed by atoms with Gasteiger partial charge in [-0.1, -0.05) is 42.2 Å². The number of aliphatic hydroxyl groups excluding tert-OH is 1. The van der Waals surface area contributed by atoms with Crippen molar-refractivity contribution in [3.8, 4) is 0 Å². The molecule has 1 aromatic rings. The van der Waals surface area contributed by atoms with E-state index in [1.54, 1.807) is 0 Å². The van der Waals surface area contributed by atoms with Gasteiger partial charge >= 0.3 is 0 Å². The largest absolute Gasteiger partial charge is 0.387 e. The average Bonchev–Trinajstić information content (AvgIpc) is 2.64. The molecule has 1 unspecified atom stereocenters. The molecule has 2 heteroatoms. The lowest BCUT2D eigenvalue weighted by Crippen LogP contribution is -2.32. The monoisotopic (exact) mass is 220 g/mol. The Labute approximate surface area is 96.9 Å². The van der Waals surface area contributed by atoms with Crippen molar-refractivity contribution < 1.29 is 10.2 Å². The fourth-order valence-electron chi connectivity index (χ4n) is 2.74. The summed E-state index contributed by atoms with van der Waals surface area (Å²) in [5.74, 6) is 0. The maximum atomic E-state index is 10.3. The molecule has 16 heavy (non-hydrogen) atoms. The smallest absolute Gasteiger partial charge is 0.108 e. The lowest BCUT2D eigenvalue weighted by molar-refractivity contribution is -0.0719. The number of hydrogen-bond acceptors (Lipinski definition) is 2. The van der Waals surface area contributed by atoms with Crippen LogP contribution >= 0.6 is 0 Å². The first-order chi connectivity index (χ1) is 7.51. The zero-order valence-corrected chi connectivity index (χ0v) is 10.0. The standard InChI is InChI=1S/C14H20O2/c1-10-7-11(2)9-12(8-10)13(15)14(16)5-3-4-6-14/h7-9,13,15-16H,3-6H2,1-2H3. The normalized spacial score (nSPS) is 21.0. The summed E-state index contributed by atoms with van der Waals surface area (Å²) in [7, 11) is 0. The number of hydrogen-bond donors (Lipinski definition) is 2. The number of aliphatic hydroxyl groups is 2. The van der Waals surface area contributed by atoms with Crippen LogP contribution in [-0.2, 0) is 0 Å². The molecule has 0 spiro atoms. The molecular formula is C14H20O2. The first-order valence-corrected chi connectivity index (χ1v) is 6.00. The summed E-state index contributed by atoms with van der Waals surface area (Å²) >= 11 is 0. The van der Waals surface area contributed by atoms with Gasteiger partial charge in [-0.3, -0.25) is 0 Å². The van der Waals surface area contributed by atoms with E-state index < -0.39 is 11.7 Å². The van der Waals surface area contributed by atoms with E-state index in [9.17, 15) is 10.2 Å². The van der Waals surface area contributed by atoms with Crippen molar-refractivity contribution in [1.82, 2.24) is 0 Å². The predicted octanol–water partition coefficient (Wildman–Crippen LogP) is 2.64. The Kier molecular flexibility index (Phi) is 3.04. The van der Waals surface area contributed by atoms with E-state index in [0.717, 1.165) is 29.5 Å². The minimum atomic E-state index is -0.903. The van der Waals surface area contributed by atoms with Gasteiger partial charge in [0.05, 0.1) is 5.60 Å². The van der Waals surface area contributed by atoms with E-state index in [-0.39, 0.29) is 0 Å². The van der Waals surface area contributed by atoms with Crippen LogP contribution in [0, 0.1) is 13.8 Å². The zero-order valence-electron chi connectivity index (χ0n) is 10.0. The summed E-state index contributed by atoms with van der Waals surface area (Å²) in [5.41, 5.74) is 2.22. The molecule has 1 saturated carbocycles. The highest BCUT2D eigenvalue weighted by molar-refractivity contribution is 5.31. The molecule has 0 aliphatic heterocycles. The van der Waals surface area contributed by atoms with Crippen LogP contribution in [0.25, 0.3) is 0 Å². The molecule has 0 bridgehead atoms. The molecule has 2 N–H and O–H groups in total. The third-order valence-electron chi connectivity index (χ3n) is 3.54. The first-order valence-electron chi connectivity index (χ1n) is 6.00. The summed E-state index contributed by atoms with van der Waals surface area (Å²) in [6, 6.07) is 6.01. The van der Waals surface area contributed by atoms with E-state index in [2.05, 4.69) is 6.07 Å². The second-order valence-corrected chi connectivity index (χ2v) is 5.13. The maximum absolute atomic E-state index is 10.3. The summed E-state index contributed by atoms with van der Waals surface area (Å²) < 4.78 is 0. The van der Waals surface area contributed by atoms with Crippen LogP contribution in [0.15, 0.2) is 18.2 Å². The lowest BCUT2D eigenvalue weighted by atomic mass is 9.88. The van der Waals surface area contributed by atoms with Crippen molar-refractivity contribution in [1.29, 1.82) is 0 Å². The predicted molar refractivity (Wildman–Crippen MR) is 64.3 cm³/mol. The Balaban J connectivity index is 2.29. The SMILES string of the molecule is Cc1cc(C)cc(C(O)C2(O)CCCC2)c1. The van der Waals surface area contributed by atoms with Gasteiger partial charge in [0.1, 0.15) is 6.10 Å². The minimum absolute atomic E-state index is 0.709. The Morgan fingerprint density at radius 2 is 1.56 bits per heavy atom. The molecule has 1 aromatic carbocycles. The van der Waals surface area contributed by atoms with Crippen molar-refractivity contribution in [2.24, 2.45) is 0 Å². The van der Waals surface area contributed by atoms with Crippen LogP contribution in [0.5, 0.6) is 0 Å². The molecule has 0 aromatic heterocycles. The van der Waals surface area contributed by atoms with Gasteiger partial charge in [0.15, 0.2) is 0 Å². The molecule has 1 aliphatic rings. The maximum Gasteiger partial charge on any atom is 0.108 e. The van der Waals surface area contributed by atoms with Crippen LogP contribution in [0.4, 0.5) is 0 Å². The van der Waals surface area contributed by atoms with Crippen LogP contribution < -0.4 is 0 Å². The summed E-state index contributed by atoms with van der Waals surface area (Å²) in [4.78, 5) is 0. The Bertz CT molecular complexity index is 358. The number of rotatable bonds is 2. The topological polar surface area (TPSA) is 40.5 Å². The van der Waals surface area contributed by atoms with Gasteiger partial charge in [-0.05, 0) is 32.3 Å². The van der Waals surface area contributed by atoms with Crippen molar-refractivity contribution >= 4 is 0 Å². The molecule has 0 radical (unpaired) electrons. The molecule has 1 atom stereocenters. The summed E-state index contributed by atoms with van der Waals surface area (Å²) in [6.07, 6.45) is 2.70. The van der Waals surface area contributed by atoms with Crippen LogP contribution in [0.3, 0.4) is 0 Å². The van der Waals surface area contributed by atoms with Crippen LogP contribution in [0.2, 0.25) is 0 Å². The molecular weight excluding hydrogens is 200 g/mol. The van der Waals surface area contributed by atoms with Crippen LogP contribution in [0.1, 0.15) is 48.5 Å². The molecule has 2 nitrogen and oxygen atoms in total. The first kappa shape index (κ1) is 11.6. The van der Waals surface area contributed by atoms with Gasteiger partial charge in [0.25, 0.3) is 0 Å². The van der Waals surface area contributed by atoms with Gasteiger partial charge in [0, 0.05) is 0 Å². The zero-order chi connectivity index (χ0) is 11.8. The van der Waals surface area contributed by atoms with Gasteiger partial charge in [-0.2, -0.15) is 0 Å². The van der Waals surface area contributed by atoms with Gasteiger partial charge < -0.3 is 10.2 Å². The molecule has 0 amide bonds. The van der Waals surface area contributed by atoms with Gasteiger partial charge in [0.2, 0.25) is 0 Å². The molecule has 88 valence electrons. The van der Waals surface area contributed by atoms with Crippen molar-refractivity contribution in [3.05, 3.63) is 34.9 Å². The Morgan fingerprint density at radius 3 is 2.06 bits per heavy atom.